The molecule has 0 spiro atoms. The molecule has 0 saturated carbocycles. The van der Waals surface area contributed by atoms with E-state index in [0.717, 1.165) is 5.56 Å². The van der Waals surface area contributed by atoms with Crippen molar-refractivity contribution in [2.24, 2.45) is 0 Å². The van der Waals surface area contributed by atoms with E-state index in [1.807, 2.05) is 0 Å². The van der Waals surface area contributed by atoms with Crippen LogP contribution in [0.2, 0.25) is 0 Å². The van der Waals surface area contributed by atoms with Gasteiger partial charge < -0.3 is 25.0 Å². The van der Waals surface area contributed by atoms with Gasteiger partial charge in [0.2, 0.25) is 0 Å². The van der Waals surface area contributed by atoms with E-state index in [1.165, 1.54) is 26.4 Å². The Balaban J connectivity index is 3.07. The fraction of sp³-hybridized carbons (Fsp3) is 0.385. The maximum absolute atomic E-state index is 12.0. The zero-order chi connectivity index (χ0) is 15.3. The topological polar surface area (TPSA) is 105 Å². The van der Waals surface area contributed by atoms with E-state index in [0.29, 0.717) is 11.5 Å². The Hall–Kier alpha value is -2.28. The fourth-order valence-corrected chi connectivity index (χ4v) is 1.64. The minimum atomic E-state index is -1.36. The maximum atomic E-state index is 12.0. The van der Waals surface area contributed by atoms with Gasteiger partial charge in [-0.15, -0.1) is 0 Å². The predicted molar refractivity (Wildman–Crippen MR) is 70.3 cm³/mol. The molecule has 1 amide bonds. The molecule has 0 heterocycles. The number of methoxy groups -OCH3 is 2. The highest BCUT2D eigenvalue weighted by Crippen LogP contribution is 2.29. The van der Waals surface area contributed by atoms with Gasteiger partial charge in [0, 0.05) is 11.1 Å². The van der Waals surface area contributed by atoms with Gasteiger partial charge in [0.05, 0.1) is 20.8 Å². The zero-order valence-electron chi connectivity index (χ0n) is 11.5. The number of aliphatic hydroxyl groups excluding tert-OH is 1. The molecule has 110 valence electrons. The summed E-state index contributed by atoms with van der Waals surface area (Å²) in [4.78, 5) is 22.7. The van der Waals surface area contributed by atoms with E-state index in [-0.39, 0.29) is 5.56 Å². The molecule has 20 heavy (non-hydrogen) atoms. The number of hydrogen-bond acceptors (Lipinski definition) is 5. The standard InChI is InChI=1S/C13H17NO6/c1-7-10(19-2)4-8(5-11(7)20-3)12(16)14-9(6-15)13(17)18/h4-5,9,15H,6H2,1-3H3,(H,14,16)(H,17,18)/t9-/m0/s1. The Bertz CT molecular complexity index is 489. The molecule has 0 radical (unpaired) electrons. The molecule has 0 unspecified atom stereocenters. The van der Waals surface area contributed by atoms with Gasteiger partial charge in [0.25, 0.3) is 5.91 Å². The van der Waals surface area contributed by atoms with Crippen LogP contribution in [-0.4, -0.2) is 49.0 Å². The molecule has 3 N–H and O–H groups in total. The molecule has 0 aliphatic rings. The van der Waals surface area contributed by atoms with Crippen molar-refractivity contribution < 1.29 is 29.3 Å². The number of carbonyl (C=O) groups is 2. The van der Waals surface area contributed by atoms with E-state index in [2.05, 4.69) is 5.32 Å². The minimum Gasteiger partial charge on any atom is -0.496 e. The van der Waals surface area contributed by atoms with Crippen molar-refractivity contribution in [3.63, 3.8) is 0 Å². The first-order valence-electron chi connectivity index (χ1n) is 5.81. The highest BCUT2D eigenvalue weighted by Gasteiger charge is 2.21. The number of nitrogens with one attached hydrogen (secondary N) is 1. The number of aliphatic carboxylic acids is 1. The third-order valence-electron chi connectivity index (χ3n) is 2.80. The molecular weight excluding hydrogens is 266 g/mol. The van der Waals surface area contributed by atoms with Crippen molar-refractivity contribution in [2.75, 3.05) is 20.8 Å². The molecule has 0 saturated heterocycles. The normalized spacial score (nSPS) is 11.6. The Morgan fingerprint density at radius 2 is 1.75 bits per heavy atom. The van der Waals surface area contributed by atoms with Crippen LogP contribution in [0.25, 0.3) is 0 Å². The summed E-state index contributed by atoms with van der Waals surface area (Å²) >= 11 is 0. The lowest BCUT2D eigenvalue weighted by Gasteiger charge is -2.15. The van der Waals surface area contributed by atoms with Crippen LogP contribution in [0.3, 0.4) is 0 Å². The molecule has 0 aromatic heterocycles. The summed E-state index contributed by atoms with van der Waals surface area (Å²) in [6, 6.07) is 1.59. The van der Waals surface area contributed by atoms with E-state index < -0.39 is 24.5 Å². The van der Waals surface area contributed by atoms with Crippen LogP contribution in [0, 0.1) is 6.92 Å². The number of amides is 1. The van der Waals surface area contributed by atoms with Crippen molar-refractivity contribution in [1.29, 1.82) is 0 Å². The van der Waals surface area contributed by atoms with Gasteiger partial charge in [-0.05, 0) is 19.1 Å². The first kappa shape index (κ1) is 15.8. The maximum Gasteiger partial charge on any atom is 0.328 e. The van der Waals surface area contributed by atoms with Gasteiger partial charge in [-0.3, -0.25) is 4.79 Å². The van der Waals surface area contributed by atoms with Crippen molar-refractivity contribution in [3.05, 3.63) is 23.3 Å². The van der Waals surface area contributed by atoms with Crippen LogP contribution < -0.4 is 14.8 Å². The summed E-state index contributed by atoms with van der Waals surface area (Å²) in [5, 5.41) is 19.9. The highest BCUT2D eigenvalue weighted by atomic mass is 16.5. The highest BCUT2D eigenvalue weighted by molar-refractivity contribution is 5.97. The quantitative estimate of drug-likeness (QED) is 0.688. The Morgan fingerprint density at radius 1 is 1.25 bits per heavy atom. The smallest absolute Gasteiger partial charge is 0.328 e. The number of carbonyl (C=O) groups excluding carboxylic acids is 1. The Morgan fingerprint density at radius 3 is 2.10 bits per heavy atom. The Labute approximate surface area is 116 Å². The first-order chi connectivity index (χ1) is 9.44. The monoisotopic (exact) mass is 283 g/mol. The SMILES string of the molecule is COc1cc(C(=O)N[C@@H](CO)C(=O)O)cc(OC)c1C. The predicted octanol–water partition coefficient (Wildman–Crippen LogP) is 0.188. The largest absolute Gasteiger partial charge is 0.496 e. The second-order valence-electron chi connectivity index (χ2n) is 4.05. The first-order valence-corrected chi connectivity index (χ1v) is 5.81. The lowest BCUT2D eigenvalue weighted by Crippen LogP contribution is -2.43. The van der Waals surface area contributed by atoms with Crippen molar-refractivity contribution >= 4 is 11.9 Å². The van der Waals surface area contributed by atoms with Gasteiger partial charge in [-0.1, -0.05) is 0 Å². The van der Waals surface area contributed by atoms with Crippen molar-refractivity contribution in [1.82, 2.24) is 5.32 Å². The molecule has 0 fully saturated rings. The summed E-state index contributed by atoms with van der Waals surface area (Å²) in [6.45, 7) is 1.08. The van der Waals surface area contributed by atoms with Crippen molar-refractivity contribution in [2.45, 2.75) is 13.0 Å². The summed E-state index contributed by atoms with van der Waals surface area (Å²) in [7, 11) is 2.91. The molecule has 1 aromatic rings. The summed E-state index contributed by atoms with van der Waals surface area (Å²) in [6.07, 6.45) is 0. The van der Waals surface area contributed by atoms with E-state index in [9.17, 15) is 9.59 Å². The van der Waals surface area contributed by atoms with E-state index in [4.69, 9.17) is 19.7 Å². The molecule has 7 nitrogen and oxygen atoms in total. The van der Waals surface area contributed by atoms with E-state index >= 15 is 0 Å². The van der Waals surface area contributed by atoms with E-state index in [1.54, 1.807) is 6.92 Å². The van der Waals surface area contributed by atoms with Gasteiger partial charge in [-0.25, -0.2) is 4.79 Å². The summed E-state index contributed by atoms with van der Waals surface area (Å²) in [5.74, 6) is -1.05. The van der Waals surface area contributed by atoms with Crippen LogP contribution >= 0.6 is 0 Å². The average molecular weight is 283 g/mol. The Kier molecular flexibility index (Phi) is 5.33. The molecule has 0 aliphatic carbocycles. The number of hydrogen-bond donors (Lipinski definition) is 3. The number of carboxylic acids is 1. The lowest BCUT2D eigenvalue weighted by atomic mass is 10.1. The van der Waals surface area contributed by atoms with Crippen LogP contribution in [0.4, 0.5) is 0 Å². The van der Waals surface area contributed by atoms with Crippen LogP contribution in [0.5, 0.6) is 11.5 Å². The molecule has 0 bridgehead atoms. The summed E-state index contributed by atoms with van der Waals surface area (Å²) < 4.78 is 10.3. The number of benzene rings is 1. The fourth-order valence-electron chi connectivity index (χ4n) is 1.64. The molecule has 1 rings (SSSR count). The molecular formula is C13H17NO6. The number of ether oxygens (including phenoxy) is 2. The lowest BCUT2D eigenvalue weighted by molar-refractivity contribution is -0.140. The van der Waals surface area contributed by atoms with Crippen molar-refractivity contribution in [3.8, 4) is 11.5 Å². The van der Waals surface area contributed by atoms with Gasteiger partial charge in [-0.2, -0.15) is 0 Å². The molecule has 0 aliphatic heterocycles. The van der Waals surface area contributed by atoms with Crippen LogP contribution in [-0.2, 0) is 4.79 Å². The molecule has 7 heteroatoms. The second kappa shape index (κ2) is 6.76. The number of carboxylic acid groups (broad SMARTS) is 1. The van der Waals surface area contributed by atoms with Gasteiger partial charge in [0.1, 0.15) is 11.5 Å². The number of aliphatic hydroxyl groups is 1. The van der Waals surface area contributed by atoms with Gasteiger partial charge >= 0.3 is 5.97 Å². The van der Waals surface area contributed by atoms with Gasteiger partial charge in [0.15, 0.2) is 6.04 Å². The second-order valence-corrected chi connectivity index (χ2v) is 4.05. The number of rotatable bonds is 6. The third-order valence-corrected chi connectivity index (χ3v) is 2.80. The van der Waals surface area contributed by atoms with Crippen LogP contribution in [0.1, 0.15) is 15.9 Å². The summed E-state index contributed by atoms with van der Waals surface area (Å²) in [5.41, 5.74) is 0.910. The average Bonchev–Trinajstić information content (AvgIpc) is 2.44. The molecule has 1 aromatic carbocycles. The zero-order valence-corrected chi connectivity index (χ0v) is 11.5. The molecule has 1 atom stereocenters. The minimum absolute atomic E-state index is 0.184. The van der Waals surface area contributed by atoms with Crippen LogP contribution in [0.15, 0.2) is 12.1 Å². The third kappa shape index (κ3) is 3.39.